The number of amides is 1. The van der Waals surface area contributed by atoms with E-state index in [1.165, 1.54) is 12.1 Å². The predicted molar refractivity (Wildman–Crippen MR) is 96.5 cm³/mol. The molecule has 0 N–H and O–H groups in total. The second-order valence-electron chi connectivity index (χ2n) is 6.20. The Morgan fingerprint density at radius 1 is 1.50 bits per heavy atom. The summed E-state index contributed by atoms with van der Waals surface area (Å²) in [5, 5.41) is 8.41. The summed E-state index contributed by atoms with van der Waals surface area (Å²) in [5.41, 5.74) is 2.52. The molecule has 0 spiro atoms. The topological polar surface area (TPSA) is 59.7 Å². The molecule has 1 unspecified atom stereocenters. The molecule has 1 aromatic heterocycles. The fourth-order valence-corrected chi connectivity index (χ4v) is 3.24. The first-order valence-corrected chi connectivity index (χ1v) is 8.73. The maximum Gasteiger partial charge on any atom is 0.266 e. The van der Waals surface area contributed by atoms with Gasteiger partial charge in [-0.25, -0.2) is 4.39 Å². The summed E-state index contributed by atoms with van der Waals surface area (Å²) in [6, 6.07) is 4.41. The zero-order chi connectivity index (χ0) is 18.8. The molecular formula is C18H20ClFN4O2. The Labute approximate surface area is 156 Å². The first-order valence-electron chi connectivity index (χ1n) is 8.35. The van der Waals surface area contributed by atoms with Crippen molar-refractivity contribution in [2.45, 2.75) is 39.5 Å². The monoisotopic (exact) mass is 378 g/mol. The van der Waals surface area contributed by atoms with Crippen molar-refractivity contribution in [1.82, 2.24) is 14.7 Å². The zero-order valence-electron chi connectivity index (χ0n) is 14.9. The lowest BCUT2D eigenvalue weighted by Crippen LogP contribution is -2.36. The molecule has 1 amide bonds. The van der Waals surface area contributed by atoms with Crippen LogP contribution in [-0.4, -0.2) is 39.5 Å². The number of halogens is 2. The quantitative estimate of drug-likeness (QED) is 0.803. The Morgan fingerprint density at radius 3 is 2.92 bits per heavy atom. The van der Waals surface area contributed by atoms with E-state index in [-0.39, 0.29) is 22.9 Å². The SMILES string of the molecule is CCn1ncc(CN(C)C(=O)C2CC(c3c(F)cccc3Cl)=NO2)c1C. The van der Waals surface area contributed by atoms with Crippen molar-refractivity contribution in [2.75, 3.05) is 7.05 Å². The Morgan fingerprint density at radius 2 is 2.27 bits per heavy atom. The van der Waals surface area contributed by atoms with Gasteiger partial charge in [0.1, 0.15) is 5.82 Å². The summed E-state index contributed by atoms with van der Waals surface area (Å²) in [7, 11) is 1.70. The van der Waals surface area contributed by atoms with Crippen LogP contribution in [0.4, 0.5) is 4.39 Å². The fraction of sp³-hybridized carbons (Fsp3) is 0.389. The van der Waals surface area contributed by atoms with Crippen molar-refractivity contribution < 1.29 is 14.0 Å². The number of nitrogens with zero attached hydrogens (tertiary/aromatic N) is 4. The lowest BCUT2D eigenvalue weighted by atomic mass is 10.0. The van der Waals surface area contributed by atoms with Crippen LogP contribution >= 0.6 is 11.6 Å². The van der Waals surface area contributed by atoms with Gasteiger partial charge in [0.15, 0.2) is 0 Å². The van der Waals surface area contributed by atoms with Crippen molar-refractivity contribution in [3.05, 3.63) is 52.1 Å². The van der Waals surface area contributed by atoms with Gasteiger partial charge in [0.25, 0.3) is 5.91 Å². The second-order valence-corrected chi connectivity index (χ2v) is 6.61. The van der Waals surface area contributed by atoms with E-state index in [0.29, 0.717) is 12.3 Å². The molecule has 0 saturated carbocycles. The molecule has 0 saturated heterocycles. The molecule has 1 aliphatic rings. The smallest absolute Gasteiger partial charge is 0.266 e. The van der Waals surface area contributed by atoms with Gasteiger partial charge in [-0.3, -0.25) is 9.48 Å². The molecule has 26 heavy (non-hydrogen) atoms. The van der Waals surface area contributed by atoms with Gasteiger partial charge in [-0.15, -0.1) is 0 Å². The molecule has 8 heteroatoms. The van der Waals surface area contributed by atoms with Gasteiger partial charge in [0.2, 0.25) is 6.10 Å². The van der Waals surface area contributed by atoms with Crippen LogP contribution in [-0.2, 0) is 22.7 Å². The number of carbonyl (C=O) groups excluding carboxylic acids is 1. The Balaban J connectivity index is 1.67. The third kappa shape index (κ3) is 3.44. The number of benzene rings is 1. The Hall–Kier alpha value is -2.41. The van der Waals surface area contributed by atoms with E-state index in [1.54, 1.807) is 24.2 Å². The molecule has 2 heterocycles. The highest BCUT2D eigenvalue weighted by Crippen LogP contribution is 2.26. The molecule has 138 valence electrons. The van der Waals surface area contributed by atoms with Crippen LogP contribution in [0.25, 0.3) is 0 Å². The van der Waals surface area contributed by atoms with Crippen LogP contribution in [0.15, 0.2) is 29.6 Å². The number of likely N-dealkylation sites (N-methyl/N-ethyl adjacent to an activating group) is 1. The van der Waals surface area contributed by atoms with Gasteiger partial charge < -0.3 is 9.74 Å². The largest absolute Gasteiger partial charge is 0.382 e. The molecule has 3 rings (SSSR count). The second kappa shape index (κ2) is 7.45. The third-order valence-electron chi connectivity index (χ3n) is 4.48. The maximum absolute atomic E-state index is 14.0. The van der Waals surface area contributed by atoms with E-state index in [0.717, 1.165) is 17.8 Å². The normalized spacial score (nSPS) is 16.3. The van der Waals surface area contributed by atoms with E-state index in [2.05, 4.69) is 10.3 Å². The summed E-state index contributed by atoms with van der Waals surface area (Å²) in [4.78, 5) is 19.5. The minimum atomic E-state index is -0.785. The number of hydrogen-bond donors (Lipinski definition) is 0. The first kappa shape index (κ1) is 18.4. The number of aromatic nitrogens is 2. The van der Waals surface area contributed by atoms with Crippen LogP contribution < -0.4 is 0 Å². The minimum absolute atomic E-state index is 0.178. The van der Waals surface area contributed by atoms with E-state index >= 15 is 0 Å². The lowest BCUT2D eigenvalue weighted by Gasteiger charge is -2.19. The molecule has 1 aliphatic heterocycles. The van der Waals surface area contributed by atoms with Gasteiger partial charge in [-0.1, -0.05) is 22.8 Å². The average molecular weight is 379 g/mol. The number of carbonyl (C=O) groups is 1. The van der Waals surface area contributed by atoms with Gasteiger partial charge in [-0.2, -0.15) is 5.10 Å². The van der Waals surface area contributed by atoms with Gasteiger partial charge in [0.05, 0.1) is 22.5 Å². The molecule has 1 aromatic carbocycles. The predicted octanol–water partition coefficient (Wildman–Crippen LogP) is 3.16. The molecule has 1 atom stereocenters. The maximum atomic E-state index is 14.0. The molecule has 0 aliphatic carbocycles. The number of aryl methyl sites for hydroxylation is 1. The summed E-state index contributed by atoms with van der Waals surface area (Å²) >= 11 is 6.06. The highest BCUT2D eigenvalue weighted by Gasteiger charge is 2.33. The van der Waals surface area contributed by atoms with Gasteiger partial charge in [-0.05, 0) is 26.0 Å². The summed E-state index contributed by atoms with van der Waals surface area (Å²) in [6.07, 6.45) is 1.16. The van der Waals surface area contributed by atoms with Crippen LogP contribution in [0.5, 0.6) is 0 Å². The zero-order valence-corrected chi connectivity index (χ0v) is 15.6. The Bertz CT molecular complexity index is 845. The first-order chi connectivity index (χ1) is 12.4. The van der Waals surface area contributed by atoms with Crippen LogP contribution in [0.1, 0.15) is 30.2 Å². The molecular weight excluding hydrogens is 359 g/mol. The standard InChI is InChI=1S/C18H20ClFN4O2/c1-4-24-11(2)12(9-21-24)10-23(3)18(25)16-8-15(22-26-16)17-13(19)6-5-7-14(17)20/h5-7,9,16H,4,8,10H2,1-3H3. The van der Waals surface area contributed by atoms with E-state index in [1.807, 2.05) is 18.5 Å². The van der Waals surface area contributed by atoms with E-state index in [9.17, 15) is 9.18 Å². The Kier molecular flexibility index (Phi) is 5.27. The summed E-state index contributed by atoms with van der Waals surface area (Å²) in [5.74, 6) is -0.705. The lowest BCUT2D eigenvalue weighted by molar-refractivity contribution is -0.141. The van der Waals surface area contributed by atoms with E-state index in [4.69, 9.17) is 16.4 Å². The van der Waals surface area contributed by atoms with E-state index < -0.39 is 11.9 Å². The molecule has 6 nitrogen and oxygen atoms in total. The number of oxime groups is 1. The van der Waals surface area contributed by atoms with Gasteiger partial charge in [0, 0.05) is 37.8 Å². The number of hydrogen-bond acceptors (Lipinski definition) is 4. The van der Waals surface area contributed by atoms with Crippen LogP contribution in [0.2, 0.25) is 5.02 Å². The molecule has 0 radical (unpaired) electrons. The van der Waals surface area contributed by atoms with Crippen molar-refractivity contribution in [3.63, 3.8) is 0 Å². The van der Waals surface area contributed by atoms with Crippen molar-refractivity contribution in [1.29, 1.82) is 0 Å². The third-order valence-corrected chi connectivity index (χ3v) is 4.80. The molecule has 0 bridgehead atoms. The molecule has 0 fully saturated rings. The van der Waals surface area contributed by atoms with Crippen LogP contribution in [0, 0.1) is 12.7 Å². The van der Waals surface area contributed by atoms with Crippen molar-refractivity contribution >= 4 is 23.2 Å². The molecule has 2 aromatic rings. The summed E-state index contributed by atoms with van der Waals surface area (Å²) in [6.45, 7) is 5.17. The fourth-order valence-electron chi connectivity index (χ4n) is 2.97. The van der Waals surface area contributed by atoms with Crippen molar-refractivity contribution in [3.8, 4) is 0 Å². The average Bonchev–Trinajstić information content (AvgIpc) is 3.22. The minimum Gasteiger partial charge on any atom is -0.382 e. The highest BCUT2D eigenvalue weighted by molar-refractivity contribution is 6.34. The highest BCUT2D eigenvalue weighted by atomic mass is 35.5. The number of rotatable bonds is 5. The van der Waals surface area contributed by atoms with Crippen LogP contribution in [0.3, 0.4) is 0 Å². The summed E-state index contributed by atoms with van der Waals surface area (Å²) < 4.78 is 15.9. The van der Waals surface area contributed by atoms with Gasteiger partial charge >= 0.3 is 0 Å². The van der Waals surface area contributed by atoms with Crippen molar-refractivity contribution in [2.24, 2.45) is 5.16 Å².